The fraction of sp³-hybridized carbons (Fsp3) is 0.350. The van der Waals surface area contributed by atoms with E-state index in [2.05, 4.69) is 11.9 Å². The van der Waals surface area contributed by atoms with E-state index in [0.29, 0.717) is 28.2 Å². The molecule has 0 aliphatic carbocycles. The van der Waals surface area contributed by atoms with Gasteiger partial charge in [0.25, 0.3) is 11.5 Å². The maximum Gasteiger partial charge on any atom is 0.268 e. The van der Waals surface area contributed by atoms with E-state index in [4.69, 9.17) is 0 Å². The first-order chi connectivity index (χ1) is 12.6. The van der Waals surface area contributed by atoms with Crippen molar-refractivity contribution in [1.29, 1.82) is 0 Å². The normalized spacial score (nSPS) is 11.0. The van der Waals surface area contributed by atoms with Crippen molar-refractivity contribution in [2.45, 2.75) is 40.2 Å². The zero-order chi connectivity index (χ0) is 18.7. The lowest BCUT2D eigenvalue weighted by molar-refractivity contribution is 0.0991. The van der Waals surface area contributed by atoms with Crippen LogP contribution in [-0.4, -0.2) is 22.0 Å². The number of rotatable bonds is 6. The van der Waals surface area contributed by atoms with Crippen LogP contribution >= 0.6 is 11.3 Å². The number of para-hydroxylation sites is 1. The first-order valence-corrected chi connectivity index (χ1v) is 9.75. The molecule has 0 radical (unpaired) electrons. The van der Waals surface area contributed by atoms with Gasteiger partial charge in [-0.3, -0.25) is 14.2 Å². The van der Waals surface area contributed by atoms with E-state index >= 15 is 0 Å². The number of hydrogen-bond donors (Lipinski definition) is 0. The summed E-state index contributed by atoms with van der Waals surface area (Å²) in [6, 6.07) is 9.59. The highest BCUT2D eigenvalue weighted by Gasteiger charge is 2.23. The van der Waals surface area contributed by atoms with Gasteiger partial charge in [-0.15, -0.1) is 11.3 Å². The first kappa shape index (κ1) is 18.3. The average Bonchev–Trinajstić information content (AvgIpc) is 3.00. The van der Waals surface area contributed by atoms with Crippen molar-refractivity contribution < 1.29 is 4.79 Å². The second-order valence-corrected chi connectivity index (χ2v) is 7.22. The average molecular weight is 369 g/mol. The minimum Gasteiger partial charge on any atom is -0.308 e. The molecule has 2 aromatic heterocycles. The number of carbonyl (C=O) groups excluding carboxylic acids is 1. The number of amides is 1. The summed E-state index contributed by atoms with van der Waals surface area (Å²) >= 11 is 1.30. The molecule has 0 aliphatic rings. The van der Waals surface area contributed by atoms with E-state index in [-0.39, 0.29) is 11.5 Å². The molecule has 136 valence electrons. The third-order valence-electron chi connectivity index (χ3n) is 4.49. The van der Waals surface area contributed by atoms with Crippen LogP contribution in [0.5, 0.6) is 0 Å². The van der Waals surface area contributed by atoms with Crippen LogP contribution in [0.4, 0.5) is 5.69 Å². The van der Waals surface area contributed by atoms with Gasteiger partial charge in [0, 0.05) is 18.8 Å². The number of nitrogens with zero attached hydrogens (tertiary/aromatic N) is 3. The fourth-order valence-electron chi connectivity index (χ4n) is 3.02. The summed E-state index contributed by atoms with van der Waals surface area (Å²) < 4.78 is 1.65. The molecule has 5 nitrogen and oxygen atoms in total. The van der Waals surface area contributed by atoms with Crippen LogP contribution in [0.3, 0.4) is 0 Å². The van der Waals surface area contributed by atoms with E-state index in [1.807, 2.05) is 44.2 Å². The third-order valence-corrected chi connectivity index (χ3v) is 5.68. The molecule has 3 aromatic rings. The van der Waals surface area contributed by atoms with Crippen LogP contribution in [0.15, 0.2) is 41.5 Å². The summed E-state index contributed by atoms with van der Waals surface area (Å²) in [6.45, 7) is 7.10. The molecule has 0 spiro atoms. The van der Waals surface area contributed by atoms with Crippen molar-refractivity contribution in [3.63, 3.8) is 0 Å². The Morgan fingerprint density at radius 1 is 1.23 bits per heavy atom. The number of carbonyl (C=O) groups is 1. The molecule has 0 saturated carbocycles. The summed E-state index contributed by atoms with van der Waals surface area (Å²) in [4.78, 5) is 33.3. The maximum atomic E-state index is 13.1. The second kappa shape index (κ2) is 7.83. The van der Waals surface area contributed by atoms with Crippen molar-refractivity contribution in [2.75, 3.05) is 11.4 Å². The van der Waals surface area contributed by atoms with E-state index in [0.717, 1.165) is 24.1 Å². The summed E-state index contributed by atoms with van der Waals surface area (Å²) in [5.41, 5.74) is 1.52. The van der Waals surface area contributed by atoms with Gasteiger partial charge in [0.15, 0.2) is 0 Å². The Balaban J connectivity index is 2.05. The Kier molecular flexibility index (Phi) is 5.52. The molecule has 0 N–H and O–H groups in total. The zero-order valence-electron chi connectivity index (χ0n) is 15.4. The van der Waals surface area contributed by atoms with Gasteiger partial charge in [-0.2, -0.15) is 0 Å². The smallest absolute Gasteiger partial charge is 0.268 e. The molecule has 1 amide bonds. The SMILES string of the molecule is CCCCn1cnc2sc(C(=O)N(CC)c3ccccc3)c(C)c2c1=O. The van der Waals surface area contributed by atoms with Crippen molar-refractivity contribution >= 4 is 33.1 Å². The standard InChI is InChI=1S/C20H23N3O2S/c1-4-6-12-22-13-21-18-16(19(22)24)14(3)17(26-18)20(25)23(5-2)15-10-8-7-9-11-15/h7-11,13H,4-6,12H2,1-3H3. The lowest BCUT2D eigenvalue weighted by atomic mass is 10.2. The van der Waals surface area contributed by atoms with Crippen LogP contribution in [0.1, 0.15) is 41.9 Å². The highest BCUT2D eigenvalue weighted by atomic mass is 32.1. The Morgan fingerprint density at radius 2 is 1.96 bits per heavy atom. The number of benzene rings is 1. The molecule has 0 unspecified atom stereocenters. The maximum absolute atomic E-state index is 13.1. The number of unbranched alkanes of at least 4 members (excludes halogenated alkanes) is 1. The van der Waals surface area contributed by atoms with E-state index in [1.54, 1.807) is 15.8 Å². The van der Waals surface area contributed by atoms with Crippen molar-refractivity contribution in [1.82, 2.24) is 9.55 Å². The Morgan fingerprint density at radius 3 is 2.62 bits per heavy atom. The number of hydrogen-bond acceptors (Lipinski definition) is 4. The highest BCUT2D eigenvalue weighted by molar-refractivity contribution is 7.20. The van der Waals surface area contributed by atoms with Crippen molar-refractivity contribution in [3.05, 3.63) is 57.5 Å². The van der Waals surface area contributed by atoms with Crippen LogP contribution in [0.2, 0.25) is 0 Å². The molecule has 3 rings (SSSR count). The second-order valence-electron chi connectivity index (χ2n) is 6.22. The Hall–Kier alpha value is -2.47. The molecule has 0 atom stereocenters. The number of fused-ring (bicyclic) bond motifs is 1. The van der Waals surface area contributed by atoms with Crippen LogP contribution in [0, 0.1) is 6.92 Å². The number of anilines is 1. The lowest BCUT2D eigenvalue weighted by Crippen LogP contribution is -2.30. The van der Waals surface area contributed by atoms with Crippen molar-refractivity contribution in [3.8, 4) is 0 Å². The molecule has 2 heterocycles. The van der Waals surface area contributed by atoms with E-state index in [1.165, 1.54) is 11.3 Å². The van der Waals surface area contributed by atoms with Gasteiger partial charge >= 0.3 is 0 Å². The summed E-state index contributed by atoms with van der Waals surface area (Å²) in [6.07, 6.45) is 3.54. The monoisotopic (exact) mass is 369 g/mol. The number of aromatic nitrogens is 2. The molecule has 0 bridgehead atoms. The molecule has 1 aromatic carbocycles. The molecule has 6 heteroatoms. The van der Waals surface area contributed by atoms with Gasteiger partial charge in [0.1, 0.15) is 4.83 Å². The summed E-state index contributed by atoms with van der Waals surface area (Å²) in [5.74, 6) is -0.0845. The van der Waals surface area contributed by atoms with E-state index < -0.39 is 0 Å². The third kappa shape index (κ3) is 3.29. The van der Waals surface area contributed by atoms with Gasteiger partial charge in [0.05, 0.1) is 16.6 Å². The van der Waals surface area contributed by atoms with Crippen LogP contribution in [0.25, 0.3) is 10.2 Å². The summed E-state index contributed by atoms with van der Waals surface area (Å²) in [7, 11) is 0. The molecule has 0 fully saturated rings. The highest BCUT2D eigenvalue weighted by Crippen LogP contribution is 2.29. The molecular formula is C20H23N3O2S. The summed E-state index contributed by atoms with van der Waals surface area (Å²) in [5, 5.41) is 0.570. The van der Waals surface area contributed by atoms with E-state index in [9.17, 15) is 9.59 Å². The van der Waals surface area contributed by atoms with Gasteiger partial charge in [0.2, 0.25) is 0 Å². The van der Waals surface area contributed by atoms with Crippen LogP contribution < -0.4 is 10.5 Å². The Bertz CT molecular complexity index is 976. The minimum absolute atomic E-state index is 0.0565. The Labute approximate surface area is 156 Å². The molecule has 0 saturated heterocycles. The first-order valence-electron chi connectivity index (χ1n) is 8.93. The van der Waals surface area contributed by atoms with Gasteiger partial charge in [-0.05, 0) is 38.0 Å². The van der Waals surface area contributed by atoms with Gasteiger partial charge in [-0.1, -0.05) is 31.5 Å². The van der Waals surface area contributed by atoms with Gasteiger partial charge < -0.3 is 4.90 Å². The lowest BCUT2D eigenvalue weighted by Gasteiger charge is -2.20. The topological polar surface area (TPSA) is 55.2 Å². The number of thiophene rings is 1. The molecule has 0 aliphatic heterocycles. The zero-order valence-corrected chi connectivity index (χ0v) is 16.2. The molecule has 26 heavy (non-hydrogen) atoms. The van der Waals surface area contributed by atoms with Crippen molar-refractivity contribution in [2.24, 2.45) is 0 Å². The largest absolute Gasteiger partial charge is 0.308 e. The van der Waals surface area contributed by atoms with Gasteiger partial charge in [-0.25, -0.2) is 4.98 Å². The molecular weight excluding hydrogens is 346 g/mol. The number of aryl methyl sites for hydroxylation is 2. The van der Waals surface area contributed by atoms with Crippen LogP contribution in [-0.2, 0) is 6.54 Å². The quantitative estimate of drug-likeness (QED) is 0.653. The fourth-order valence-corrected chi connectivity index (χ4v) is 4.11. The minimum atomic E-state index is -0.0845. The predicted octanol–water partition coefficient (Wildman–Crippen LogP) is 4.23. The predicted molar refractivity (Wildman–Crippen MR) is 107 cm³/mol.